The number of urea groups is 1. The van der Waals surface area contributed by atoms with Gasteiger partial charge in [0.1, 0.15) is 5.82 Å². The molecular weight excluding hydrogens is 248 g/mol. The Morgan fingerprint density at radius 2 is 2.24 bits per heavy atom. The number of nitrogens with zero attached hydrogens (tertiary/aromatic N) is 2. The summed E-state index contributed by atoms with van der Waals surface area (Å²) in [6, 6.07) is -0.515. The molecule has 0 radical (unpaired) electrons. The number of carbonyl (C=O) groups excluding carboxylic acids is 1. The topological polar surface area (TPSA) is 124 Å². The number of hydrogen-bond donors (Lipinski definition) is 4. The Morgan fingerprint density at radius 1 is 1.53 bits per heavy atom. The molecule has 0 aliphatic heterocycles. The van der Waals surface area contributed by atoms with Gasteiger partial charge in [0.15, 0.2) is 6.10 Å². The number of nitrogens with one attached hydrogen (secondary N) is 2. The van der Waals surface area contributed by atoms with Gasteiger partial charge in [-0.25, -0.2) is 14.6 Å². The van der Waals surface area contributed by atoms with Crippen molar-refractivity contribution < 1.29 is 19.8 Å². The molecule has 1 aromatic rings. The number of rotatable bonds is 5. The van der Waals surface area contributed by atoms with Gasteiger partial charge < -0.3 is 15.5 Å². The Balaban J connectivity index is 2.24. The normalized spacial score (nSPS) is 11.9. The average Bonchev–Trinajstić information content (AvgIpc) is 2.63. The van der Waals surface area contributed by atoms with Crippen molar-refractivity contribution >= 4 is 28.7 Å². The second-order valence-electron chi connectivity index (χ2n) is 3.17. The fourth-order valence-electron chi connectivity index (χ4n) is 0.935. The first-order valence-electron chi connectivity index (χ1n) is 4.75. The van der Waals surface area contributed by atoms with Gasteiger partial charge in [0.25, 0.3) is 0 Å². The third-order valence-corrected chi connectivity index (χ3v) is 2.46. The lowest BCUT2D eigenvalue weighted by molar-refractivity contribution is -0.146. The minimum atomic E-state index is -1.47. The largest absolute Gasteiger partial charge is 0.479 e. The predicted molar refractivity (Wildman–Crippen MR) is 59.9 cm³/mol. The molecule has 0 bridgehead atoms. The van der Waals surface area contributed by atoms with Gasteiger partial charge >= 0.3 is 12.0 Å². The average molecular weight is 260 g/mol. The summed E-state index contributed by atoms with van der Waals surface area (Å²) in [6.07, 6.45) is -1.53. The van der Waals surface area contributed by atoms with Gasteiger partial charge in [-0.15, -0.1) is 0 Å². The minimum Gasteiger partial charge on any atom is -0.479 e. The summed E-state index contributed by atoms with van der Waals surface area (Å²) >= 11 is 1.05. The van der Waals surface area contributed by atoms with Crippen LogP contribution in [0.4, 0.5) is 9.93 Å². The summed E-state index contributed by atoms with van der Waals surface area (Å²) < 4.78 is 3.87. The second-order valence-corrected chi connectivity index (χ2v) is 3.92. The summed E-state index contributed by atoms with van der Waals surface area (Å²) in [5.74, 6) is -0.751. The van der Waals surface area contributed by atoms with Crippen LogP contribution in [0.15, 0.2) is 0 Å². The van der Waals surface area contributed by atoms with E-state index < -0.39 is 18.1 Å². The lowest BCUT2D eigenvalue weighted by atomic mass is 10.2. The molecular formula is C8H12N4O4S. The summed E-state index contributed by atoms with van der Waals surface area (Å²) in [5.41, 5.74) is 0. The summed E-state index contributed by atoms with van der Waals surface area (Å²) in [7, 11) is 0. The van der Waals surface area contributed by atoms with Crippen LogP contribution >= 0.6 is 11.5 Å². The number of carbonyl (C=O) groups is 2. The fraction of sp³-hybridized carbons (Fsp3) is 0.500. The number of hydrogen-bond acceptors (Lipinski definition) is 6. The number of aryl methyl sites for hydroxylation is 1. The van der Waals surface area contributed by atoms with Gasteiger partial charge in [0.05, 0.1) is 0 Å². The van der Waals surface area contributed by atoms with Crippen LogP contribution in [0.3, 0.4) is 0 Å². The van der Waals surface area contributed by atoms with E-state index in [2.05, 4.69) is 20.0 Å². The lowest BCUT2D eigenvalue weighted by Gasteiger charge is -2.06. The summed E-state index contributed by atoms with van der Waals surface area (Å²) in [5, 5.41) is 22.5. The fourth-order valence-corrected chi connectivity index (χ4v) is 1.51. The van der Waals surface area contributed by atoms with Crippen molar-refractivity contribution in [3.8, 4) is 0 Å². The van der Waals surface area contributed by atoms with Crippen LogP contribution in [-0.2, 0) is 4.79 Å². The number of anilines is 1. The number of aromatic nitrogens is 2. The molecule has 0 unspecified atom stereocenters. The Labute approximate surface area is 101 Å². The SMILES string of the molecule is Cc1nsc(NC(=O)NCC[C@H](O)C(=O)O)n1. The smallest absolute Gasteiger partial charge is 0.332 e. The highest BCUT2D eigenvalue weighted by Gasteiger charge is 2.13. The van der Waals surface area contributed by atoms with Crippen molar-refractivity contribution in [2.45, 2.75) is 19.4 Å². The number of aliphatic carboxylic acids is 1. The molecule has 8 nitrogen and oxygen atoms in total. The highest BCUT2D eigenvalue weighted by molar-refractivity contribution is 7.09. The Bertz CT molecular complexity index is 408. The second kappa shape index (κ2) is 6.11. The van der Waals surface area contributed by atoms with Crippen LogP contribution in [0.1, 0.15) is 12.2 Å². The first kappa shape index (κ1) is 13.3. The molecule has 0 aromatic carbocycles. The molecule has 9 heteroatoms. The first-order chi connectivity index (χ1) is 7.99. The summed E-state index contributed by atoms with van der Waals surface area (Å²) in [6.45, 7) is 1.75. The van der Waals surface area contributed by atoms with Crippen molar-refractivity contribution in [1.29, 1.82) is 0 Å². The molecule has 2 amide bonds. The van der Waals surface area contributed by atoms with E-state index in [9.17, 15) is 9.59 Å². The highest BCUT2D eigenvalue weighted by Crippen LogP contribution is 2.09. The number of carboxylic acids is 1. The van der Waals surface area contributed by atoms with Gasteiger partial charge in [-0.3, -0.25) is 5.32 Å². The predicted octanol–water partition coefficient (Wildman–Crippen LogP) is -0.196. The van der Waals surface area contributed by atoms with Crippen molar-refractivity contribution in [3.05, 3.63) is 5.82 Å². The van der Waals surface area contributed by atoms with Crippen LogP contribution in [0.2, 0.25) is 0 Å². The molecule has 0 fully saturated rings. The zero-order chi connectivity index (χ0) is 12.8. The Hall–Kier alpha value is -1.74. The van der Waals surface area contributed by atoms with Crippen molar-refractivity contribution in [1.82, 2.24) is 14.7 Å². The van der Waals surface area contributed by atoms with Crippen molar-refractivity contribution in [2.24, 2.45) is 0 Å². The third-order valence-electron chi connectivity index (χ3n) is 1.74. The van der Waals surface area contributed by atoms with Crippen LogP contribution in [0, 0.1) is 6.92 Å². The quantitative estimate of drug-likeness (QED) is 0.581. The maximum Gasteiger partial charge on any atom is 0.332 e. The van der Waals surface area contributed by atoms with Crippen LogP contribution in [0.25, 0.3) is 0 Å². The zero-order valence-corrected chi connectivity index (χ0v) is 9.82. The maximum absolute atomic E-state index is 11.3. The molecule has 4 N–H and O–H groups in total. The monoisotopic (exact) mass is 260 g/mol. The van der Waals surface area contributed by atoms with E-state index in [1.807, 2.05) is 0 Å². The molecule has 17 heavy (non-hydrogen) atoms. The zero-order valence-electron chi connectivity index (χ0n) is 9.01. The minimum absolute atomic E-state index is 0.0527. The van der Waals surface area contributed by atoms with E-state index in [4.69, 9.17) is 10.2 Å². The van der Waals surface area contributed by atoms with Crippen LogP contribution in [0.5, 0.6) is 0 Å². The van der Waals surface area contributed by atoms with Crippen LogP contribution in [-0.4, -0.2) is 44.2 Å². The van der Waals surface area contributed by atoms with Gasteiger partial charge in [-0.1, -0.05) is 0 Å². The molecule has 1 heterocycles. The molecule has 94 valence electrons. The molecule has 0 aliphatic carbocycles. The molecule has 0 saturated heterocycles. The standard InChI is InChI=1S/C8H12N4O4S/c1-4-10-8(17-12-4)11-7(16)9-3-2-5(13)6(14)15/h5,13H,2-3H2,1H3,(H,14,15)(H2,9,10,11,12,16)/t5-/m0/s1. The number of aliphatic hydroxyl groups excluding tert-OH is 1. The maximum atomic E-state index is 11.3. The van der Waals surface area contributed by atoms with E-state index in [0.717, 1.165) is 11.5 Å². The molecule has 1 atom stereocenters. The Morgan fingerprint density at radius 3 is 2.76 bits per heavy atom. The van der Waals surface area contributed by atoms with E-state index >= 15 is 0 Å². The van der Waals surface area contributed by atoms with E-state index in [-0.39, 0.29) is 13.0 Å². The van der Waals surface area contributed by atoms with E-state index in [1.165, 1.54) is 0 Å². The van der Waals surface area contributed by atoms with Gasteiger partial charge in [-0.2, -0.15) is 4.37 Å². The molecule has 0 aliphatic rings. The van der Waals surface area contributed by atoms with Crippen molar-refractivity contribution in [3.63, 3.8) is 0 Å². The Kier molecular flexibility index (Phi) is 4.79. The highest BCUT2D eigenvalue weighted by atomic mass is 32.1. The van der Waals surface area contributed by atoms with Crippen LogP contribution < -0.4 is 10.6 Å². The third kappa shape index (κ3) is 4.74. The van der Waals surface area contributed by atoms with Crippen molar-refractivity contribution in [2.75, 3.05) is 11.9 Å². The lowest BCUT2D eigenvalue weighted by Crippen LogP contribution is -2.33. The van der Waals surface area contributed by atoms with Gasteiger partial charge in [0, 0.05) is 24.5 Å². The van der Waals surface area contributed by atoms with E-state index in [1.54, 1.807) is 6.92 Å². The molecule has 1 rings (SSSR count). The number of amides is 2. The van der Waals surface area contributed by atoms with Gasteiger partial charge in [-0.05, 0) is 6.92 Å². The van der Waals surface area contributed by atoms with Gasteiger partial charge in [0.2, 0.25) is 5.13 Å². The van der Waals surface area contributed by atoms with E-state index in [0.29, 0.717) is 11.0 Å². The number of aliphatic hydroxyl groups is 1. The summed E-state index contributed by atoms with van der Waals surface area (Å²) in [4.78, 5) is 25.4. The molecule has 0 spiro atoms. The molecule has 0 saturated carbocycles. The first-order valence-corrected chi connectivity index (χ1v) is 5.52. The molecule has 1 aromatic heterocycles. The number of carboxylic acid groups (broad SMARTS) is 1.